The number of unbranched alkanes of at least 4 members (excludes halogenated alkanes) is 21. The summed E-state index contributed by atoms with van der Waals surface area (Å²) >= 11 is 0. The van der Waals surface area contributed by atoms with Gasteiger partial charge < -0.3 is 19.7 Å². The molecule has 2 unspecified atom stereocenters. The smallest absolute Gasteiger partial charge is 0.326 e. The Hall–Kier alpha value is -0.690. The van der Waals surface area contributed by atoms with Crippen molar-refractivity contribution in [3.8, 4) is 0 Å². The lowest BCUT2D eigenvalue weighted by Gasteiger charge is -2.39. The van der Waals surface area contributed by atoms with Crippen LogP contribution in [0.15, 0.2) is 0 Å². The topological polar surface area (TPSA) is 79.2 Å². The number of carbonyl (C=O) groups is 1. The molecule has 6 nitrogen and oxygen atoms in total. The molecule has 0 spiro atoms. The zero-order chi connectivity index (χ0) is 32.8. The average Bonchev–Trinajstić information content (AvgIpc) is 3.02. The van der Waals surface area contributed by atoms with Crippen LogP contribution in [0.3, 0.4) is 0 Å². The van der Waals surface area contributed by atoms with Crippen molar-refractivity contribution in [3.63, 3.8) is 0 Å². The van der Waals surface area contributed by atoms with E-state index in [9.17, 15) is 15.0 Å². The van der Waals surface area contributed by atoms with E-state index in [1.54, 1.807) is 0 Å². The number of carbonyl (C=O) groups excluding carboxylic acids is 1. The summed E-state index contributed by atoms with van der Waals surface area (Å²) in [5.41, 5.74) is 0. The second-order valence-corrected chi connectivity index (χ2v) is 14.2. The quantitative estimate of drug-likeness (QED) is 0.0550. The standard InChI is InChI=1S/C39H77NO5/c1-4-7-10-13-16-19-22-25-28-35(41)31-40-32-37(30-27-24-21-18-15-12-9-6-3)45-39(43)38(40)34-44-33-36(42)29-26-23-20-17-14-11-8-5-2/h35-38,41-42H,4-34H2,1-3H3/t35?,36?,37-,38-/m1/s1. The molecule has 0 saturated carbocycles. The summed E-state index contributed by atoms with van der Waals surface area (Å²) in [7, 11) is 0. The molecular formula is C39H77NO5. The minimum absolute atomic E-state index is 0.114. The van der Waals surface area contributed by atoms with Gasteiger partial charge in [-0.3, -0.25) is 9.69 Å². The van der Waals surface area contributed by atoms with Crippen LogP contribution >= 0.6 is 0 Å². The Balaban J connectivity index is 2.45. The fraction of sp³-hybridized carbons (Fsp3) is 0.974. The van der Waals surface area contributed by atoms with Gasteiger partial charge in [0.1, 0.15) is 12.1 Å². The van der Waals surface area contributed by atoms with Gasteiger partial charge in [0.05, 0.1) is 25.4 Å². The first-order valence-corrected chi connectivity index (χ1v) is 19.9. The van der Waals surface area contributed by atoms with Crippen molar-refractivity contribution in [1.82, 2.24) is 4.90 Å². The van der Waals surface area contributed by atoms with E-state index in [1.165, 1.54) is 122 Å². The predicted octanol–water partition coefficient (Wildman–Crippen LogP) is 9.91. The number of esters is 1. The molecule has 268 valence electrons. The average molecular weight is 640 g/mol. The monoisotopic (exact) mass is 640 g/mol. The number of morpholine rings is 1. The molecule has 6 heteroatoms. The van der Waals surface area contributed by atoms with Gasteiger partial charge in [0.2, 0.25) is 0 Å². The largest absolute Gasteiger partial charge is 0.460 e. The van der Waals surface area contributed by atoms with Gasteiger partial charge >= 0.3 is 5.97 Å². The van der Waals surface area contributed by atoms with Crippen LogP contribution in [0.2, 0.25) is 0 Å². The predicted molar refractivity (Wildman–Crippen MR) is 190 cm³/mol. The van der Waals surface area contributed by atoms with Gasteiger partial charge in [-0.15, -0.1) is 0 Å². The van der Waals surface area contributed by atoms with Gasteiger partial charge in [0, 0.05) is 13.1 Å². The van der Waals surface area contributed by atoms with Gasteiger partial charge in [0.15, 0.2) is 0 Å². The van der Waals surface area contributed by atoms with E-state index >= 15 is 0 Å². The summed E-state index contributed by atoms with van der Waals surface area (Å²) in [5.74, 6) is -0.234. The number of cyclic esters (lactones) is 1. The second-order valence-electron chi connectivity index (χ2n) is 14.2. The molecule has 1 fully saturated rings. The number of rotatable bonds is 33. The Labute approximate surface area is 279 Å². The third kappa shape index (κ3) is 24.2. The van der Waals surface area contributed by atoms with Crippen LogP contribution in [0.4, 0.5) is 0 Å². The van der Waals surface area contributed by atoms with Crippen molar-refractivity contribution in [2.45, 2.75) is 218 Å². The summed E-state index contributed by atoms with van der Waals surface area (Å²) < 4.78 is 11.8. The van der Waals surface area contributed by atoms with Crippen molar-refractivity contribution in [1.29, 1.82) is 0 Å². The molecule has 0 amide bonds. The molecule has 1 aliphatic heterocycles. The molecule has 2 N–H and O–H groups in total. The fourth-order valence-corrected chi connectivity index (χ4v) is 6.64. The molecule has 0 radical (unpaired) electrons. The maximum Gasteiger partial charge on any atom is 0.326 e. The lowest BCUT2D eigenvalue weighted by Crippen LogP contribution is -2.56. The molecule has 1 heterocycles. The molecule has 45 heavy (non-hydrogen) atoms. The Bertz CT molecular complexity index is 645. The van der Waals surface area contributed by atoms with Crippen LogP contribution in [0.1, 0.15) is 194 Å². The Morgan fingerprint density at radius 1 is 0.644 bits per heavy atom. The van der Waals surface area contributed by atoms with E-state index in [4.69, 9.17) is 9.47 Å². The first-order chi connectivity index (χ1) is 22.0. The molecule has 0 aromatic heterocycles. The zero-order valence-electron chi connectivity index (χ0n) is 30.3. The van der Waals surface area contributed by atoms with Crippen molar-refractivity contribution in [3.05, 3.63) is 0 Å². The minimum Gasteiger partial charge on any atom is -0.460 e. The second kappa shape index (κ2) is 30.6. The third-order valence-corrected chi connectivity index (χ3v) is 9.63. The highest BCUT2D eigenvalue weighted by Gasteiger charge is 2.37. The van der Waals surface area contributed by atoms with Crippen LogP contribution in [-0.4, -0.2) is 71.7 Å². The summed E-state index contributed by atoms with van der Waals surface area (Å²) in [6.45, 7) is 8.35. The molecule has 1 rings (SSSR count). The number of hydrogen-bond acceptors (Lipinski definition) is 6. The first kappa shape index (κ1) is 42.3. The highest BCUT2D eigenvalue weighted by atomic mass is 16.6. The molecule has 0 aromatic carbocycles. The number of aliphatic hydroxyl groups excluding tert-OH is 2. The normalized spacial score (nSPS) is 18.7. The Morgan fingerprint density at radius 3 is 1.56 bits per heavy atom. The molecule has 0 bridgehead atoms. The lowest BCUT2D eigenvalue weighted by molar-refractivity contribution is -0.172. The summed E-state index contributed by atoms with van der Waals surface area (Å²) in [4.78, 5) is 15.3. The Kier molecular flexibility index (Phi) is 28.8. The molecule has 0 aromatic rings. The molecular weight excluding hydrogens is 562 g/mol. The zero-order valence-corrected chi connectivity index (χ0v) is 30.3. The van der Waals surface area contributed by atoms with Gasteiger partial charge in [0.25, 0.3) is 0 Å². The third-order valence-electron chi connectivity index (χ3n) is 9.63. The van der Waals surface area contributed by atoms with Crippen molar-refractivity contribution in [2.75, 3.05) is 26.3 Å². The van der Waals surface area contributed by atoms with E-state index in [-0.39, 0.29) is 25.3 Å². The van der Waals surface area contributed by atoms with E-state index in [2.05, 4.69) is 25.7 Å². The van der Waals surface area contributed by atoms with Crippen molar-refractivity contribution < 1.29 is 24.5 Å². The maximum atomic E-state index is 13.2. The number of β-amino-alcohol motifs (C(OH)–C–C–N with tert-alkyl or cyclic N) is 1. The van der Waals surface area contributed by atoms with E-state index < -0.39 is 18.2 Å². The summed E-state index contributed by atoms with van der Waals surface area (Å²) in [6, 6.07) is -0.511. The Morgan fingerprint density at radius 2 is 1.07 bits per heavy atom. The van der Waals surface area contributed by atoms with Crippen LogP contribution in [0.5, 0.6) is 0 Å². The fourth-order valence-electron chi connectivity index (χ4n) is 6.64. The number of nitrogens with zero attached hydrogens (tertiary/aromatic N) is 1. The lowest BCUT2D eigenvalue weighted by atomic mass is 10.0. The van der Waals surface area contributed by atoms with Gasteiger partial charge in [-0.05, 0) is 25.7 Å². The number of ether oxygens (including phenoxy) is 2. The van der Waals surface area contributed by atoms with Crippen LogP contribution in [0.25, 0.3) is 0 Å². The summed E-state index contributed by atoms with van der Waals surface area (Å²) in [5, 5.41) is 21.4. The minimum atomic E-state index is -0.511. The van der Waals surface area contributed by atoms with Crippen molar-refractivity contribution >= 4 is 5.97 Å². The molecule has 1 aliphatic rings. The SMILES string of the molecule is CCCCCCCCCCC(O)COC[C@@H]1C(=O)O[C@H](CCCCCCCCCC)CN1CC(O)CCCCCCCCCC. The summed E-state index contributed by atoms with van der Waals surface area (Å²) in [6.07, 6.45) is 31.4. The van der Waals surface area contributed by atoms with Crippen LogP contribution in [0, 0.1) is 0 Å². The van der Waals surface area contributed by atoms with E-state index in [0.717, 1.165) is 51.4 Å². The number of hydrogen-bond donors (Lipinski definition) is 2. The van der Waals surface area contributed by atoms with Crippen LogP contribution in [-0.2, 0) is 14.3 Å². The van der Waals surface area contributed by atoms with Gasteiger partial charge in [-0.25, -0.2) is 0 Å². The molecule has 1 saturated heterocycles. The molecule has 0 aliphatic carbocycles. The number of aliphatic hydroxyl groups is 2. The molecule has 4 atom stereocenters. The van der Waals surface area contributed by atoms with Crippen molar-refractivity contribution in [2.24, 2.45) is 0 Å². The highest BCUT2D eigenvalue weighted by Crippen LogP contribution is 2.21. The first-order valence-electron chi connectivity index (χ1n) is 19.9. The van der Waals surface area contributed by atoms with Gasteiger partial charge in [-0.2, -0.15) is 0 Å². The highest BCUT2D eigenvalue weighted by molar-refractivity contribution is 5.77. The maximum absolute atomic E-state index is 13.2. The van der Waals surface area contributed by atoms with Gasteiger partial charge in [-0.1, -0.05) is 168 Å². The van der Waals surface area contributed by atoms with E-state index in [0.29, 0.717) is 13.1 Å². The van der Waals surface area contributed by atoms with E-state index in [1.807, 2.05) is 0 Å². The van der Waals surface area contributed by atoms with Crippen LogP contribution < -0.4 is 0 Å².